The van der Waals surface area contributed by atoms with Gasteiger partial charge >= 0.3 is 0 Å². The predicted molar refractivity (Wildman–Crippen MR) is 114 cm³/mol. The molecule has 0 unspecified atom stereocenters. The van der Waals surface area contributed by atoms with Crippen LogP contribution in [0, 0.1) is 5.82 Å². The van der Waals surface area contributed by atoms with Crippen molar-refractivity contribution in [2.24, 2.45) is 0 Å². The van der Waals surface area contributed by atoms with Crippen LogP contribution in [-0.4, -0.2) is 35.5 Å². The molecule has 0 radical (unpaired) electrons. The van der Waals surface area contributed by atoms with Crippen molar-refractivity contribution in [1.82, 2.24) is 14.5 Å². The Bertz CT molecular complexity index is 1100. The molecule has 1 aliphatic heterocycles. The fourth-order valence-electron chi connectivity index (χ4n) is 3.60. The molecule has 2 aromatic carbocycles. The van der Waals surface area contributed by atoms with E-state index in [4.69, 9.17) is 0 Å². The summed E-state index contributed by atoms with van der Waals surface area (Å²) in [6, 6.07) is 16.3. The molecule has 156 valence electrons. The molecule has 1 N–H and O–H groups in total. The van der Waals surface area contributed by atoms with Gasteiger partial charge in [0.1, 0.15) is 5.82 Å². The van der Waals surface area contributed by atoms with Gasteiger partial charge in [-0.05, 0) is 80.4 Å². The third-order valence-electron chi connectivity index (χ3n) is 5.28. The van der Waals surface area contributed by atoms with Crippen LogP contribution in [0.15, 0.2) is 65.6 Å². The molecule has 3 aromatic rings. The van der Waals surface area contributed by atoms with Gasteiger partial charge in [-0.15, -0.1) is 10.2 Å². The smallest absolute Gasteiger partial charge is 0.243 e. The van der Waals surface area contributed by atoms with Gasteiger partial charge in [0, 0.05) is 23.8 Å². The average Bonchev–Trinajstić information content (AvgIpc) is 2.75. The van der Waals surface area contributed by atoms with Crippen molar-refractivity contribution < 1.29 is 12.8 Å². The molecule has 1 aromatic heterocycles. The number of sulfonamides is 1. The molecule has 1 saturated heterocycles. The molecule has 30 heavy (non-hydrogen) atoms. The highest BCUT2D eigenvalue weighted by Gasteiger charge is 2.30. The Hall–Kier alpha value is -2.84. The molecule has 1 atom stereocenters. The van der Waals surface area contributed by atoms with E-state index in [1.807, 2.05) is 6.92 Å². The molecular weight excluding hydrogens is 403 g/mol. The first-order chi connectivity index (χ1) is 14.4. The topological polar surface area (TPSA) is 75.2 Å². The lowest BCUT2D eigenvalue weighted by molar-refractivity contribution is 0.268. The summed E-state index contributed by atoms with van der Waals surface area (Å²) in [7, 11) is -3.49. The highest BCUT2D eigenvalue weighted by molar-refractivity contribution is 7.89. The van der Waals surface area contributed by atoms with E-state index in [9.17, 15) is 12.8 Å². The first kappa shape index (κ1) is 20.4. The number of halogens is 1. The first-order valence-corrected chi connectivity index (χ1v) is 11.4. The van der Waals surface area contributed by atoms with Crippen LogP contribution in [0.4, 0.5) is 15.9 Å². The molecule has 6 nitrogen and oxygen atoms in total. The minimum atomic E-state index is -3.49. The summed E-state index contributed by atoms with van der Waals surface area (Å²) in [6.07, 6.45) is 2.86. The fraction of sp³-hybridized carbons (Fsp3) is 0.273. The molecule has 4 rings (SSSR count). The van der Waals surface area contributed by atoms with Crippen molar-refractivity contribution in [2.75, 3.05) is 11.9 Å². The average molecular weight is 427 g/mol. The molecule has 8 heteroatoms. The zero-order valence-electron chi connectivity index (χ0n) is 16.6. The molecule has 0 aliphatic carbocycles. The molecule has 1 fully saturated rings. The zero-order chi connectivity index (χ0) is 21.1. The SMILES string of the molecule is C[C@H]1CCCCN1S(=O)(=O)c1ccc(Nc2ccc(-c3ccc(F)cc3)nn2)cc1. The van der Waals surface area contributed by atoms with Crippen molar-refractivity contribution in [2.45, 2.75) is 37.1 Å². The highest BCUT2D eigenvalue weighted by atomic mass is 32.2. The molecule has 2 heterocycles. The number of anilines is 2. The molecule has 0 amide bonds. The maximum atomic E-state index is 13.0. The lowest BCUT2D eigenvalue weighted by atomic mass is 10.1. The molecular formula is C22H23FN4O2S. The van der Waals surface area contributed by atoms with Crippen molar-refractivity contribution >= 4 is 21.5 Å². The van der Waals surface area contributed by atoms with E-state index in [0.717, 1.165) is 24.8 Å². The molecule has 0 bridgehead atoms. The largest absolute Gasteiger partial charge is 0.339 e. The standard InChI is InChI=1S/C22H23FN4O2S/c1-16-4-2-3-15-27(16)30(28,29)20-11-9-19(10-12-20)24-22-14-13-21(25-26-22)17-5-7-18(23)8-6-17/h5-14,16H,2-4,15H2,1H3,(H,24,26)/t16-/m0/s1. The van der Waals surface area contributed by atoms with E-state index >= 15 is 0 Å². The maximum Gasteiger partial charge on any atom is 0.243 e. The Labute approximate surface area is 175 Å². The van der Waals surface area contributed by atoms with Gasteiger partial charge in [0.15, 0.2) is 5.82 Å². The van der Waals surface area contributed by atoms with Crippen molar-refractivity contribution in [1.29, 1.82) is 0 Å². The van der Waals surface area contributed by atoms with Crippen LogP contribution in [0.25, 0.3) is 11.3 Å². The highest BCUT2D eigenvalue weighted by Crippen LogP contribution is 2.26. The van der Waals surface area contributed by atoms with E-state index in [-0.39, 0.29) is 11.9 Å². The van der Waals surface area contributed by atoms with E-state index in [2.05, 4.69) is 15.5 Å². The van der Waals surface area contributed by atoms with Crippen molar-refractivity contribution in [3.8, 4) is 11.3 Å². The molecule has 0 saturated carbocycles. The maximum absolute atomic E-state index is 13.0. The Morgan fingerprint density at radius 1 is 0.967 bits per heavy atom. The van der Waals surface area contributed by atoms with Crippen molar-refractivity contribution in [3.05, 3.63) is 66.5 Å². The first-order valence-electron chi connectivity index (χ1n) is 9.92. The van der Waals surface area contributed by atoms with Gasteiger partial charge in [0.2, 0.25) is 10.0 Å². The van der Waals surface area contributed by atoms with Crippen LogP contribution in [0.2, 0.25) is 0 Å². The van der Waals surface area contributed by atoms with Crippen LogP contribution < -0.4 is 5.32 Å². The van der Waals surface area contributed by atoms with E-state index < -0.39 is 10.0 Å². The fourth-order valence-corrected chi connectivity index (χ4v) is 5.30. The van der Waals surface area contributed by atoms with Gasteiger partial charge in [-0.2, -0.15) is 4.31 Å². The number of hydrogen-bond acceptors (Lipinski definition) is 5. The summed E-state index contributed by atoms with van der Waals surface area (Å²) in [4.78, 5) is 0.291. The third kappa shape index (κ3) is 4.34. The summed E-state index contributed by atoms with van der Waals surface area (Å²) in [5, 5.41) is 11.4. The van der Waals surface area contributed by atoms with E-state index in [1.165, 1.54) is 12.1 Å². The van der Waals surface area contributed by atoms with Gasteiger partial charge in [0.25, 0.3) is 0 Å². The van der Waals surface area contributed by atoms with E-state index in [0.29, 0.717) is 28.6 Å². The van der Waals surface area contributed by atoms with E-state index in [1.54, 1.807) is 52.8 Å². The lowest BCUT2D eigenvalue weighted by Gasteiger charge is -2.32. The van der Waals surface area contributed by atoms with Crippen LogP contribution in [-0.2, 0) is 10.0 Å². The number of hydrogen-bond donors (Lipinski definition) is 1. The van der Waals surface area contributed by atoms with Crippen molar-refractivity contribution in [3.63, 3.8) is 0 Å². The second-order valence-corrected chi connectivity index (χ2v) is 9.31. The quantitative estimate of drug-likeness (QED) is 0.646. The van der Waals surface area contributed by atoms with Crippen LogP contribution in [0.3, 0.4) is 0 Å². The van der Waals surface area contributed by atoms with Gasteiger partial charge in [-0.1, -0.05) is 6.42 Å². The summed E-state index contributed by atoms with van der Waals surface area (Å²) in [6.45, 7) is 2.53. The van der Waals surface area contributed by atoms with Gasteiger partial charge < -0.3 is 5.32 Å². The van der Waals surface area contributed by atoms with Gasteiger partial charge in [0.05, 0.1) is 10.6 Å². The summed E-state index contributed by atoms with van der Waals surface area (Å²) < 4.78 is 40.5. The predicted octanol–water partition coefficient (Wildman–Crippen LogP) is 4.59. The van der Waals surface area contributed by atoms with Crippen LogP contribution in [0.1, 0.15) is 26.2 Å². The van der Waals surface area contributed by atoms with Crippen LogP contribution in [0.5, 0.6) is 0 Å². The summed E-state index contributed by atoms with van der Waals surface area (Å²) in [5.41, 5.74) is 2.12. The Morgan fingerprint density at radius 3 is 2.33 bits per heavy atom. The summed E-state index contributed by atoms with van der Waals surface area (Å²) >= 11 is 0. The monoisotopic (exact) mass is 426 g/mol. The Kier molecular flexibility index (Phi) is 5.78. The van der Waals surface area contributed by atoms with Crippen LogP contribution >= 0.6 is 0 Å². The zero-order valence-corrected chi connectivity index (χ0v) is 17.4. The summed E-state index contributed by atoms with van der Waals surface area (Å²) in [5.74, 6) is 0.228. The number of aromatic nitrogens is 2. The number of piperidine rings is 1. The number of rotatable bonds is 5. The lowest BCUT2D eigenvalue weighted by Crippen LogP contribution is -2.41. The number of nitrogens with one attached hydrogen (secondary N) is 1. The molecule has 1 aliphatic rings. The Balaban J connectivity index is 1.46. The van der Waals surface area contributed by atoms with Gasteiger partial charge in [-0.25, -0.2) is 12.8 Å². The minimum absolute atomic E-state index is 0.0245. The second kappa shape index (κ2) is 8.49. The Morgan fingerprint density at radius 2 is 1.70 bits per heavy atom. The number of benzene rings is 2. The second-order valence-electron chi connectivity index (χ2n) is 7.42. The third-order valence-corrected chi connectivity index (χ3v) is 7.31. The number of nitrogens with zero attached hydrogens (tertiary/aromatic N) is 3. The molecule has 0 spiro atoms. The minimum Gasteiger partial charge on any atom is -0.339 e. The van der Waals surface area contributed by atoms with Gasteiger partial charge in [-0.3, -0.25) is 0 Å². The normalized spacial score (nSPS) is 17.6.